The Bertz CT molecular complexity index is 489. The van der Waals surface area contributed by atoms with E-state index < -0.39 is 6.10 Å². The Kier molecular flexibility index (Phi) is 6.81. The quantitative estimate of drug-likeness (QED) is 0.725. The van der Waals surface area contributed by atoms with Crippen LogP contribution in [-0.4, -0.2) is 29.8 Å². The minimum Gasteiger partial charge on any atom is -0.393 e. The summed E-state index contributed by atoms with van der Waals surface area (Å²) >= 11 is 0. The third kappa shape index (κ3) is 7.41. The van der Waals surface area contributed by atoms with E-state index >= 15 is 0 Å². The molecule has 0 aliphatic rings. The fourth-order valence-electron chi connectivity index (χ4n) is 2.53. The number of aliphatic hydroxyl groups excluding tert-OH is 1. The van der Waals surface area contributed by atoms with Gasteiger partial charge in [0.05, 0.1) is 6.10 Å². The van der Waals surface area contributed by atoms with Crippen molar-refractivity contribution in [3.8, 4) is 0 Å². The lowest BCUT2D eigenvalue weighted by Crippen LogP contribution is -2.45. The van der Waals surface area contributed by atoms with Gasteiger partial charge in [0.15, 0.2) is 0 Å². The van der Waals surface area contributed by atoms with Crippen LogP contribution >= 0.6 is 0 Å². The molecule has 0 aromatic heterocycles. The number of urea groups is 1. The van der Waals surface area contributed by atoms with Gasteiger partial charge >= 0.3 is 6.03 Å². The van der Waals surface area contributed by atoms with Crippen LogP contribution in [0.3, 0.4) is 0 Å². The van der Waals surface area contributed by atoms with E-state index in [2.05, 4.69) is 10.6 Å². The van der Waals surface area contributed by atoms with Crippen molar-refractivity contribution in [1.29, 1.82) is 0 Å². The van der Waals surface area contributed by atoms with Crippen LogP contribution < -0.4 is 10.6 Å². The first-order chi connectivity index (χ1) is 10.2. The summed E-state index contributed by atoms with van der Waals surface area (Å²) in [6, 6.07) is 6.03. The monoisotopic (exact) mass is 310 g/mol. The number of benzene rings is 1. The predicted octanol–water partition coefficient (Wildman–Crippen LogP) is 2.85. The highest BCUT2D eigenvalue weighted by Crippen LogP contribution is 2.20. The highest BCUT2D eigenvalue weighted by molar-refractivity contribution is 5.74. The van der Waals surface area contributed by atoms with Crippen LogP contribution in [0.1, 0.15) is 39.7 Å². The van der Waals surface area contributed by atoms with E-state index in [1.165, 1.54) is 12.1 Å². The zero-order valence-corrected chi connectivity index (χ0v) is 13.8. The molecule has 0 bridgehead atoms. The van der Waals surface area contributed by atoms with E-state index in [-0.39, 0.29) is 23.3 Å². The van der Waals surface area contributed by atoms with E-state index in [0.29, 0.717) is 19.4 Å². The molecule has 0 saturated heterocycles. The Balaban J connectivity index is 2.38. The third-order valence-corrected chi connectivity index (χ3v) is 3.38. The number of carbonyl (C=O) groups excluding carboxylic acids is 1. The van der Waals surface area contributed by atoms with Crippen molar-refractivity contribution >= 4 is 6.03 Å². The maximum absolute atomic E-state index is 13.1. The summed E-state index contributed by atoms with van der Waals surface area (Å²) in [5, 5.41) is 15.1. The summed E-state index contributed by atoms with van der Waals surface area (Å²) in [4.78, 5) is 11.9. The number of hydrogen-bond donors (Lipinski definition) is 3. The van der Waals surface area contributed by atoms with E-state index in [4.69, 9.17) is 0 Å². The van der Waals surface area contributed by atoms with E-state index in [1.807, 2.05) is 26.8 Å². The Morgan fingerprint density at radius 2 is 2.05 bits per heavy atom. The number of nitrogens with one attached hydrogen (secondary N) is 2. The molecule has 124 valence electrons. The summed E-state index contributed by atoms with van der Waals surface area (Å²) in [5.41, 5.74) is 0.680. The molecule has 5 heteroatoms. The molecule has 3 N–H and O–H groups in total. The van der Waals surface area contributed by atoms with Crippen molar-refractivity contribution in [2.45, 2.75) is 52.7 Å². The summed E-state index contributed by atoms with van der Waals surface area (Å²) < 4.78 is 13.1. The Morgan fingerprint density at radius 3 is 2.64 bits per heavy atom. The zero-order chi connectivity index (χ0) is 16.8. The lowest BCUT2D eigenvalue weighted by molar-refractivity contribution is 0.128. The molecule has 0 fully saturated rings. The number of hydrogen-bond acceptors (Lipinski definition) is 2. The average molecular weight is 310 g/mol. The molecule has 0 aliphatic carbocycles. The third-order valence-electron chi connectivity index (χ3n) is 3.38. The normalized spacial score (nSPS) is 14.3. The fraction of sp³-hybridized carbons (Fsp3) is 0.588. The largest absolute Gasteiger partial charge is 0.393 e. The van der Waals surface area contributed by atoms with Crippen LogP contribution in [0.5, 0.6) is 0 Å². The summed E-state index contributed by atoms with van der Waals surface area (Å²) in [6.45, 7) is 8.09. The second-order valence-corrected chi connectivity index (χ2v) is 6.78. The van der Waals surface area contributed by atoms with Crippen LogP contribution in [0, 0.1) is 11.2 Å². The van der Waals surface area contributed by atoms with Gasteiger partial charge in [0.25, 0.3) is 0 Å². The second-order valence-electron chi connectivity index (χ2n) is 6.78. The Hall–Kier alpha value is -1.62. The van der Waals surface area contributed by atoms with Gasteiger partial charge in [-0.3, -0.25) is 0 Å². The fourth-order valence-corrected chi connectivity index (χ4v) is 2.53. The maximum Gasteiger partial charge on any atom is 0.315 e. The molecule has 4 nitrogen and oxygen atoms in total. The zero-order valence-electron chi connectivity index (χ0n) is 13.8. The van der Waals surface area contributed by atoms with E-state index in [0.717, 1.165) is 5.56 Å². The average Bonchev–Trinajstić information content (AvgIpc) is 2.34. The van der Waals surface area contributed by atoms with Crippen LogP contribution in [0.4, 0.5) is 9.18 Å². The minimum atomic E-state index is -0.397. The molecule has 22 heavy (non-hydrogen) atoms. The van der Waals surface area contributed by atoms with Gasteiger partial charge in [0, 0.05) is 12.6 Å². The molecule has 0 aliphatic heterocycles. The van der Waals surface area contributed by atoms with Crippen molar-refractivity contribution in [2.75, 3.05) is 6.54 Å². The molecular formula is C17H27FN2O2. The first kappa shape index (κ1) is 18.4. The summed E-state index contributed by atoms with van der Waals surface area (Å²) in [6.07, 6.45) is 0.792. The highest BCUT2D eigenvalue weighted by Gasteiger charge is 2.21. The van der Waals surface area contributed by atoms with Crippen molar-refractivity contribution < 1.29 is 14.3 Å². The Morgan fingerprint density at radius 1 is 1.36 bits per heavy atom. The number of aliphatic hydroxyl groups is 1. The molecule has 1 aromatic carbocycles. The standard InChI is InChI=1S/C17H27FN2O2/c1-12(8-14-6-5-7-15(18)9-14)20-16(22)19-11-17(3,4)10-13(2)21/h5-7,9,12-13,21H,8,10-11H2,1-4H3,(H2,19,20,22)/t12-,13-/m1/s1. The van der Waals surface area contributed by atoms with Gasteiger partial charge in [-0.15, -0.1) is 0 Å². The minimum absolute atomic E-state index is 0.0957. The smallest absolute Gasteiger partial charge is 0.315 e. The molecule has 2 amide bonds. The molecule has 0 heterocycles. The van der Waals surface area contributed by atoms with Crippen LogP contribution in [0.2, 0.25) is 0 Å². The molecule has 1 aromatic rings. The van der Waals surface area contributed by atoms with Gasteiger partial charge in [-0.1, -0.05) is 26.0 Å². The van der Waals surface area contributed by atoms with Crippen LogP contribution in [0.15, 0.2) is 24.3 Å². The molecule has 1 rings (SSSR count). The van der Waals surface area contributed by atoms with Crippen LogP contribution in [0.25, 0.3) is 0 Å². The van der Waals surface area contributed by atoms with Crippen molar-refractivity contribution in [3.05, 3.63) is 35.6 Å². The highest BCUT2D eigenvalue weighted by atomic mass is 19.1. The SMILES string of the molecule is C[C@H](Cc1cccc(F)c1)NC(=O)NCC(C)(C)C[C@@H](C)O. The van der Waals surface area contributed by atoms with Gasteiger partial charge < -0.3 is 15.7 Å². The molecule has 0 spiro atoms. The molecule has 0 unspecified atom stereocenters. The lowest BCUT2D eigenvalue weighted by Gasteiger charge is -2.26. The lowest BCUT2D eigenvalue weighted by atomic mass is 9.87. The van der Waals surface area contributed by atoms with Gasteiger partial charge in [0.2, 0.25) is 0 Å². The number of rotatable bonds is 7. The summed E-state index contributed by atoms with van der Waals surface area (Å²) in [5.74, 6) is -0.269. The topological polar surface area (TPSA) is 61.4 Å². The van der Waals surface area contributed by atoms with Crippen molar-refractivity contribution in [2.24, 2.45) is 5.41 Å². The number of carbonyl (C=O) groups is 1. The first-order valence-electron chi connectivity index (χ1n) is 7.65. The van der Waals surface area contributed by atoms with Crippen molar-refractivity contribution in [1.82, 2.24) is 10.6 Å². The number of halogens is 1. The summed E-state index contributed by atoms with van der Waals surface area (Å²) in [7, 11) is 0. The van der Waals surface area contributed by atoms with Gasteiger partial charge in [-0.05, 0) is 49.8 Å². The van der Waals surface area contributed by atoms with E-state index in [1.54, 1.807) is 13.0 Å². The van der Waals surface area contributed by atoms with Gasteiger partial charge in [-0.2, -0.15) is 0 Å². The maximum atomic E-state index is 13.1. The second kappa shape index (κ2) is 8.13. The van der Waals surface area contributed by atoms with Gasteiger partial charge in [-0.25, -0.2) is 9.18 Å². The molecule has 0 saturated carbocycles. The Labute approximate surface area is 132 Å². The predicted molar refractivity (Wildman–Crippen MR) is 86.2 cm³/mol. The molecular weight excluding hydrogens is 283 g/mol. The number of amides is 2. The first-order valence-corrected chi connectivity index (χ1v) is 7.65. The molecule has 2 atom stereocenters. The van der Waals surface area contributed by atoms with Crippen LogP contribution in [-0.2, 0) is 6.42 Å². The molecule has 0 radical (unpaired) electrons. The van der Waals surface area contributed by atoms with Crippen molar-refractivity contribution in [3.63, 3.8) is 0 Å². The van der Waals surface area contributed by atoms with Gasteiger partial charge in [0.1, 0.15) is 5.82 Å². The van der Waals surface area contributed by atoms with E-state index in [9.17, 15) is 14.3 Å².